The third kappa shape index (κ3) is 3.72. The van der Waals surface area contributed by atoms with Crippen molar-refractivity contribution >= 4 is 38.8 Å². The number of aryl methyl sites for hydroxylation is 1. The molecule has 0 saturated carbocycles. The number of aromatic nitrogens is 2. The normalized spacial score (nSPS) is 13.2. The van der Waals surface area contributed by atoms with Gasteiger partial charge in [0.1, 0.15) is 4.83 Å². The molecule has 3 heterocycles. The molecule has 1 N–H and O–H groups in total. The summed E-state index contributed by atoms with van der Waals surface area (Å²) >= 11 is 1.48. The number of thiophene rings is 1. The highest BCUT2D eigenvalue weighted by Gasteiger charge is 2.21. The molecule has 1 aliphatic rings. The van der Waals surface area contributed by atoms with Gasteiger partial charge < -0.3 is 10.2 Å². The van der Waals surface area contributed by atoms with Crippen molar-refractivity contribution in [1.82, 2.24) is 9.78 Å². The number of anilines is 2. The van der Waals surface area contributed by atoms with Crippen molar-refractivity contribution in [2.45, 2.75) is 27.2 Å². The molecule has 4 aromatic rings. The number of nitrogens with zero attached hydrogens (tertiary/aromatic N) is 3. The highest BCUT2D eigenvalue weighted by molar-refractivity contribution is 7.20. The number of carbonyl (C=O) groups excluding carboxylic acids is 1. The van der Waals surface area contributed by atoms with Crippen molar-refractivity contribution in [3.63, 3.8) is 0 Å². The van der Waals surface area contributed by atoms with E-state index >= 15 is 0 Å². The lowest BCUT2D eigenvalue weighted by Gasteiger charge is -2.21. The van der Waals surface area contributed by atoms with Crippen LogP contribution in [-0.2, 0) is 6.42 Å². The SMILES string of the molecule is Cc1nn(-c2ccccc2)c2sc(C(=O)Nc3ccc4c(c3)CCN4CC(C)C)cc12. The van der Waals surface area contributed by atoms with Gasteiger partial charge in [-0.25, -0.2) is 4.68 Å². The zero-order chi connectivity index (χ0) is 21.5. The van der Waals surface area contributed by atoms with Crippen LogP contribution < -0.4 is 10.2 Å². The van der Waals surface area contributed by atoms with Crippen molar-refractivity contribution in [3.8, 4) is 5.69 Å². The van der Waals surface area contributed by atoms with Gasteiger partial charge in [-0.1, -0.05) is 32.0 Å². The maximum atomic E-state index is 13.0. The fourth-order valence-electron chi connectivity index (χ4n) is 4.27. The molecule has 5 rings (SSSR count). The highest BCUT2D eigenvalue weighted by Crippen LogP contribution is 2.33. The molecule has 0 saturated heterocycles. The molecular formula is C25H26N4OS. The Morgan fingerprint density at radius 3 is 2.74 bits per heavy atom. The summed E-state index contributed by atoms with van der Waals surface area (Å²) in [5.41, 5.74) is 5.39. The molecule has 0 bridgehead atoms. The first-order valence-corrected chi connectivity index (χ1v) is 11.5. The Balaban J connectivity index is 1.39. The molecule has 6 heteroatoms. The first-order valence-electron chi connectivity index (χ1n) is 10.7. The van der Waals surface area contributed by atoms with Crippen LogP contribution in [0.15, 0.2) is 54.6 Å². The average Bonchev–Trinajstić information content (AvgIpc) is 3.44. The van der Waals surface area contributed by atoms with Crippen molar-refractivity contribution in [3.05, 3.63) is 70.7 Å². The predicted octanol–water partition coefficient (Wildman–Crippen LogP) is 5.67. The van der Waals surface area contributed by atoms with E-state index in [0.29, 0.717) is 10.8 Å². The number of benzene rings is 2. The van der Waals surface area contributed by atoms with E-state index in [0.717, 1.165) is 46.8 Å². The van der Waals surface area contributed by atoms with E-state index in [1.807, 2.05) is 54.1 Å². The second-order valence-electron chi connectivity index (χ2n) is 8.55. The van der Waals surface area contributed by atoms with E-state index in [1.165, 1.54) is 22.6 Å². The molecule has 0 spiro atoms. The Hall–Kier alpha value is -3.12. The molecular weight excluding hydrogens is 404 g/mol. The molecule has 5 nitrogen and oxygen atoms in total. The first kappa shape index (κ1) is 19.8. The van der Waals surface area contributed by atoms with Gasteiger partial charge >= 0.3 is 0 Å². The van der Waals surface area contributed by atoms with Gasteiger partial charge in [0.25, 0.3) is 5.91 Å². The Bertz CT molecular complexity index is 1260. The Morgan fingerprint density at radius 2 is 1.97 bits per heavy atom. The lowest BCUT2D eigenvalue weighted by atomic mass is 10.1. The zero-order valence-electron chi connectivity index (χ0n) is 18.1. The van der Waals surface area contributed by atoms with Crippen LogP contribution in [0.3, 0.4) is 0 Å². The molecule has 0 aliphatic carbocycles. The Labute approximate surface area is 186 Å². The fraction of sp³-hybridized carbons (Fsp3) is 0.280. The van der Waals surface area contributed by atoms with Crippen LogP contribution >= 0.6 is 11.3 Å². The average molecular weight is 431 g/mol. The van der Waals surface area contributed by atoms with Crippen molar-refractivity contribution in [2.24, 2.45) is 5.92 Å². The monoisotopic (exact) mass is 430 g/mol. The van der Waals surface area contributed by atoms with Crippen LogP contribution in [0.25, 0.3) is 15.9 Å². The quantitative estimate of drug-likeness (QED) is 0.444. The lowest BCUT2D eigenvalue weighted by molar-refractivity contribution is 0.103. The van der Waals surface area contributed by atoms with Crippen LogP contribution in [0.2, 0.25) is 0 Å². The molecule has 1 amide bonds. The van der Waals surface area contributed by atoms with Crippen LogP contribution in [0.1, 0.15) is 34.8 Å². The van der Waals surface area contributed by atoms with Gasteiger partial charge in [-0.3, -0.25) is 4.79 Å². The standard InChI is InChI=1S/C25H26N4OS/c1-16(2)15-28-12-11-18-13-19(9-10-22(18)28)26-24(30)23-14-21-17(3)27-29(25(21)31-23)20-7-5-4-6-8-20/h4-10,13-14,16H,11-12,15H2,1-3H3,(H,26,30). The molecule has 2 aromatic heterocycles. The molecule has 1 aliphatic heterocycles. The maximum Gasteiger partial charge on any atom is 0.265 e. The van der Waals surface area contributed by atoms with E-state index in [-0.39, 0.29) is 5.91 Å². The smallest absolute Gasteiger partial charge is 0.265 e. The number of fused-ring (bicyclic) bond motifs is 2. The van der Waals surface area contributed by atoms with Gasteiger partial charge in [-0.2, -0.15) is 5.10 Å². The third-order valence-corrected chi connectivity index (χ3v) is 6.79. The number of hydrogen-bond donors (Lipinski definition) is 1. The highest BCUT2D eigenvalue weighted by atomic mass is 32.1. The second kappa shape index (κ2) is 7.85. The van der Waals surface area contributed by atoms with Crippen molar-refractivity contribution in [2.75, 3.05) is 23.3 Å². The number of rotatable bonds is 5. The summed E-state index contributed by atoms with van der Waals surface area (Å²) in [5, 5.41) is 8.78. The van der Waals surface area contributed by atoms with Gasteiger partial charge in [0.15, 0.2) is 0 Å². The largest absolute Gasteiger partial charge is 0.371 e. The van der Waals surface area contributed by atoms with E-state index in [2.05, 4.69) is 41.3 Å². The zero-order valence-corrected chi connectivity index (χ0v) is 18.9. The van der Waals surface area contributed by atoms with Crippen LogP contribution in [0.5, 0.6) is 0 Å². The number of amides is 1. The Morgan fingerprint density at radius 1 is 1.16 bits per heavy atom. The van der Waals surface area contributed by atoms with Gasteiger partial charge in [-0.05, 0) is 61.2 Å². The van der Waals surface area contributed by atoms with Crippen LogP contribution in [0.4, 0.5) is 11.4 Å². The summed E-state index contributed by atoms with van der Waals surface area (Å²) < 4.78 is 1.92. The topological polar surface area (TPSA) is 50.2 Å². The predicted molar refractivity (Wildman–Crippen MR) is 129 cm³/mol. The second-order valence-corrected chi connectivity index (χ2v) is 9.58. The van der Waals surface area contributed by atoms with Gasteiger partial charge in [0, 0.05) is 29.9 Å². The third-order valence-electron chi connectivity index (χ3n) is 5.68. The minimum atomic E-state index is -0.0720. The van der Waals surface area contributed by atoms with Gasteiger partial charge in [-0.15, -0.1) is 11.3 Å². The summed E-state index contributed by atoms with van der Waals surface area (Å²) in [6.45, 7) is 8.60. The van der Waals surface area contributed by atoms with Crippen LogP contribution in [0, 0.1) is 12.8 Å². The summed E-state index contributed by atoms with van der Waals surface area (Å²) in [5.74, 6) is 0.561. The first-order chi connectivity index (χ1) is 15.0. The van der Waals surface area contributed by atoms with Gasteiger partial charge in [0.05, 0.1) is 16.3 Å². The van der Waals surface area contributed by atoms with E-state index in [4.69, 9.17) is 0 Å². The minimum absolute atomic E-state index is 0.0720. The maximum absolute atomic E-state index is 13.0. The number of carbonyl (C=O) groups is 1. The van der Waals surface area contributed by atoms with Crippen LogP contribution in [-0.4, -0.2) is 28.8 Å². The molecule has 0 fully saturated rings. The molecule has 158 valence electrons. The summed E-state index contributed by atoms with van der Waals surface area (Å²) in [6, 6.07) is 18.3. The molecule has 0 atom stereocenters. The van der Waals surface area contributed by atoms with E-state index in [1.54, 1.807) is 0 Å². The van der Waals surface area contributed by atoms with Crippen molar-refractivity contribution < 1.29 is 4.79 Å². The van der Waals surface area contributed by atoms with Gasteiger partial charge in [0.2, 0.25) is 0 Å². The summed E-state index contributed by atoms with van der Waals surface area (Å²) in [4.78, 5) is 17.1. The number of nitrogens with one attached hydrogen (secondary N) is 1. The number of hydrogen-bond acceptors (Lipinski definition) is 4. The number of para-hydroxylation sites is 1. The summed E-state index contributed by atoms with van der Waals surface area (Å²) in [7, 11) is 0. The minimum Gasteiger partial charge on any atom is -0.371 e. The summed E-state index contributed by atoms with van der Waals surface area (Å²) in [6.07, 6.45) is 1.03. The molecule has 31 heavy (non-hydrogen) atoms. The molecule has 0 radical (unpaired) electrons. The Kier molecular flexibility index (Phi) is 5.02. The lowest BCUT2D eigenvalue weighted by Crippen LogP contribution is -2.25. The van der Waals surface area contributed by atoms with E-state index < -0.39 is 0 Å². The van der Waals surface area contributed by atoms with Crippen molar-refractivity contribution in [1.29, 1.82) is 0 Å². The van der Waals surface area contributed by atoms with E-state index in [9.17, 15) is 4.79 Å². The molecule has 0 unspecified atom stereocenters. The molecule has 2 aromatic carbocycles. The fourth-order valence-corrected chi connectivity index (χ4v) is 5.35.